The van der Waals surface area contributed by atoms with Gasteiger partial charge >= 0.3 is 0 Å². The van der Waals surface area contributed by atoms with Crippen molar-refractivity contribution in [3.05, 3.63) is 59.7 Å². The number of anilines is 1. The second-order valence-electron chi connectivity index (χ2n) is 6.69. The lowest BCUT2D eigenvalue weighted by molar-refractivity contribution is 0.0993. The Bertz CT molecular complexity index is 886. The fourth-order valence-corrected chi connectivity index (χ4v) is 4.69. The van der Waals surface area contributed by atoms with Gasteiger partial charge in [0, 0.05) is 31.4 Å². The van der Waals surface area contributed by atoms with Crippen molar-refractivity contribution in [1.29, 1.82) is 0 Å². The smallest absolute Gasteiger partial charge is 0.258 e. The standard InChI is InChI=1S/C20H24N2O3S/c1-16-9-11-18(12-10-16)21(2)20(23)17-7-6-8-19(15-17)26(24,25)22-13-4-3-5-14-22/h6-12,15H,3-5,13-14H2,1-2H3. The average molecular weight is 372 g/mol. The van der Waals surface area contributed by atoms with Crippen LogP contribution in [0.15, 0.2) is 53.4 Å². The summed E-state index contributed by atoms with van der Waals surface area (Å²) in [5.41, 5.74) is 2.25. The van der Waals surface area contributed by atoms with Gasteiger partial charge in [-0.3, -0.25) is 4.79 Å². The molecular formula is C20H24N2O3S. The second-order valence-corrected chi connectivity index (χ2v) is 8.63. The molecule has 1 aliphatic heterocycles. The fraction of sp³-hybridized carbons (Fsp3) is 0.350. The van der Waals surface area contributed by atoms with Crippen molar-refractivity contribution in [2.24, 2.45) is 0 Å². The summed E-state index contributed by atoms with van der Waals surface area (Å²) in [6.07, 6.45) is 2.83. The van der Waals surface area contributed by atoms with Crippen molar-refractivity contribution in [3.63, 3.8) is 0 Å². The Hall–Kier alpha value is -2.18. The molecule has 1 fully saturated rings. The number of carbonyl (C=O) groups excluding carboxylic acids is 1. The highest BCUT2D eigenvalue weighted by atomic mass is 32.2. The summed E-state index contributed by atoms with van der Waals surface area (Å²) < 4.78 is 27.2. The van der Waals surface area contributed by atoms with Gasteiger partial charge in [-0.05, 0) is 50.1 Å². The Morgan fingerprint density at radius 1 is 1.00 bits per heavy atom. The average Bonchev–Trinajstić information content (AvgIpc) is 2.68. The highest BCUT2D eigenvalue weighted by Crippen LogP contribution is 2.23. The van der Waals surface area contributed by atoms with Gasteiger partial charge in [0.1, 0.15) is 0 Å². The first kappa shape index (κ1) is 18.6. The molecule has 2 aromatic carbocycles. The van der Waals surface area contributed by atoms with E-state index in [1.54, 1.807) is 25.2 Å². The van der Waals surface area contributed by atoms with E-state index in [-0.39, 0.29) is 10.8 Å². The summed E-state index contributed by atoms with van der Waals surface area (Å²) in [7, 11) is -1.86. The van der Waals surface area contributed by atoms with Gasteiger partial charge in [-0.25, -0.2) is 8.42 Å². The van der Waals surface area contributed by atoms with Crippen molar-refractivity contribution >= 4 is 21.6 Å². The van der Waals surface area contributed by atoms with Crippen molar-refractivity contribution in [3.8, 4) is 0 Å². The second kappa shape index (κ2) is 7.60. The van der Waals surface area contributed by atoms with Gasteiger partial charge in [-0.15, -0.1) is 0 Å². The largest absolute Gasteiger partial charge is 0.311 e. The minimum absolute atomic E-state index is 0.183. The van der Waals surface area contributed by atoms with Gasteiger partial charge in [0.25, 0.3) is 5.91 Å². The molecule has 0 aromatic heterocycles. The van der Waals surface area contributed by atoms with Gasteiger partial charge < -0.3 is 4.90 Å². The molecule has 6 heteroatoms. The normalized spacial score (nSPS) is 15.6. The Morgan fingerprint density at radius 3 is 2.31 bits per heavy atom. The van der Waals surface area contributed by atoms with Crippen LogP contribution < -0.4 is 4.90 Å². The molecule has 1 amide bonds. The summed E-state index contributed by atoms with van der Waals surface area (Å²) in [5.74, 6) is -0.232. The molecule has 0 N–H and O–H groups in total. The first-order valence-electron chi connectivity index (χ1n) is 8.84. The van der Waals surface area contributed by atoms with Crippen LogP contribution in [0.25, 0.3) is 0 Å². The van der Waals surface area contributed by atoms with Gasteiger partial charge in [0.15, 0.2) is 0 Å². The van der Waals surface area contributed by atoms with E-state index in [0.717, 1.165) is 30.5 Å². The number of benzene rings is 2. The molecule has 0 aliphatic carbocycles. The van der Waals surface area contributed by atoms with E-state index < -0.39 is 10.0 Å². The Morgan fingerprint density at radius 2 is 1.65 bits per heavy atom. The van der Waals surface area contributed by atoms with Crippen LogP contribution in [0.3, 0.4) is 0 Å². The molecule has 0 bridgehead atoms. The van der Waals surface area contributed by atoms with E-state index in [1.165, 1.54) is 15.3 Å². The molecule has 5 nitrogen and oxygen atoms in total. The highest BCUT2D eigenvalue weighted by Gasteiger charge is 2.26. The van der Waals surface area contributed by atoms with Crippen LogP contribution in [-0.4, -0.2) is 38.8 Å². The van der Waals surface area contributed by atoms with E-state index in [0.29, 0.717) is 18.7 Å². The lowest BCUT2D eigenvalue weighted by Crippen LogP contribution is -2.35. The van der Waals surface area contributed by atoms with Crippen LogP contribution in [0.4, 0.5) is 5.69 Å². The maximum atomic E-state index is 12.8. The van der Waals surface area contributed by atoms with E-state index in [1.807, 2.05) is 31.2 Å². The number of piperidine rings is 1. The molecule has 0 spiro atoms. The zero-order chi connectivity index (χ0) is 18.7. The number of hydrogen-bond acceptors (Lipinski definition) is 3. The number of aryl methyl sites for hydroxylation is 1. The van der Waals surface area contributed by atoms with Crippen LogP contribution in [0, 0.1) is 6.92 Å². The number of carbonyl (C=O) groups is 1. The van der Waals surface area contributed by atoms with Crippen molar-refractivity contribution in [2.45, 2.75) is 31.1 Å². The zero-order valence-electron chi connectivity index (χ0n) is 15.2. The third kappa shape index (κ3) is 3.81. The maximum Gasteiger partial charge on any atom is 0.258 e. The van der Waals surface area contributed by atoms with Gasteiger partial charge in [-0.1, -0.05) is 30.2 Å². The van der Waals surface area contributed by atoms with E-state index in [2.05, 4.69) is 0 Å². The Balaban J connectivity index is 1.86. The van der Waals surface area contributed by atoms with Crippen LogP contribution in [-0.2, 0) is 10.0 Å². The Labute approximate surface area is 155 Å². The predicted octanol–water partition coefficient (Wildman–Crippen LogP) is 3.45. The first-order valence-corrected chi connectivity index (χ1v) is 10.3. The number of nitrogens with zero attached hydrogens (tertiary/aromatic N) is 2. The van der Waals surface area contributed by atoms with Crippen LogP contribution in [0.1, 0.15) is 35.2 Å². The Kier molecular flexibility index (Phi) is 5.44. The summed E-state index contributed by atoms with van der Waals surface area (Å²) >= 11 is 0. The fourth-order valence-electron chi connectivity index (χ4n) is 3.12. The van der Waals surface area contributed by atoms with Crippen molar-refractivity contribution in [1.82, 2.24) is 4.31 Å². The summed E-state index contributed by atoms with van der Waals surface area (Å²) in [6, 6.07) is 14.0. The molecular weight excluding hydrogens is 348 g/mol. The van der Waals surface area contributed by atoms with E-state index in [9.17, 15) is 13.2 Å². The topological polar surface area (TPSA) is 57.7 Å². The van der Waals surface area contributed by atoms with Crippen LogP contribution >= 0.6 is 0 Å². The SMILES string of the molecule is Cc1ccc(N(C)C(=O)c2cccc(S(=O)(=O)N3CCCCC3)c2)cc1. The molecule has 0 unspecified atom stereocenters. The predicted molar refractivity (Wildman–Crippen MR) is 103 cm³/mol. The molecule has 1 heterocycles. The van der Waals surface area contributed by atoms with E-state index >= 15 is 0 Å². The van der Waals surface area contributed by atoms with Crippen molar-refractivity contribution in [2.75, 3.05) is 25.0 Å². The zero-order valence-corrected chi connectivity index (χ0v) is 16.0. The van der Waals surface area contributed by atoms with Gasteiger partial charge in [0.2, 0.25) is 10.0 Å². The van der Waals surface area contributed by atoms with Crippen LogP contribution in [0.5, 0.6) is 0 Å². The van der Waals surface area contributed by atoms with Gasteiger partial charge in [-0.2, -0.15) is 4.31 Å². The molecule has 0 saturated carbocycles. The first-order chi connectivity index (χ1) is 12.4. The van der Waals surface area contributed by atoms with Gasteiger partial charge in [0.05, 0.1) is 4.90 Å². The highest BCUT2D eigenvalue weighted by molar-refractivity contribution is 7.89. The van der Waals surface area contributed by atoms with E-state index in [4.69, 9.17) is 0 Å². The number of amides is 1. The quantitative estimate of drug-likeness (QED) is 0.826. The molecule has 3 rings (SSSR count). The number of sulfonamides is 1. The molecule has 2 aromatic rings. The number of rotatable bonds is 4. The molecule has 0 atom stereocenters. The third-order valence-electron chi connectivity index (χ3n) is 4.76. The third-order valence-corrected chi connectivity index (χ3v) is 6.65. The summed E-state index contributed by atoms with van der Waals surface area (Å²) in [5, 5.41) is 0. The summed E-state index contributed by atoms with van der Waals surface area (Å²) in [4.78, 5) is 14.5. The molecule has 0 radical (unpaired) electrons. The molecule has 1 aliphatic rings. The monoisotopic (exact) mass is 372 g/mol. The lowest BCUT2D eigenvalue weighted by atomic mass is 10.1. The minimum atomic E-state index is -3.55. The lowest BCUT2D eigenvalue weighted by Gasteiger charge is -2.26. The van der Waals surface area contributed by atoms with Crippen molar-refractivity contribution < 1.29 is 13.2 Å². The minimum Gasteiger partial charge on any atom is -0.311 e. The number of hydrogen-bond donors (Lipinski definition) is 0. The maximum absolute atomic E-state index is 12.8. The molecule has 1 saturated heterocycles. The molecule has 26 heavy (non-hydrogen) atoms. The van der Waals surface area contributed by atoms with Crippen LogP contribution in [0.2, 0.25) is 0 Å². The summed E-state index contributed by atoms with van der Waals surface area (Å²) in [6.45, 7) is 3.08. The molecule has 138 valence electrons.